The Morgan fingerprint density at radius 2 is 2.29 bits per heavy atom. The number of nitrogens with zero attached hydrogens (tertiary/aromatic N) is 2. The van der Waals surface area contributed by atoms with Crippen LogP contribution in [0.2, 0.25) is 0 Å². The van der Waals surface area contributed by atoms with E-state index in [2.05, 4.69) is 17.2 Å². The highest BCUT2D eigenvalue weighted by atomic mass is 16.3. The number of hydrogen-bond donors (Lipinski definition) is 2. The monoisotopic (exact) mass is 291 g/mol. The smallest absolute Gasteiger partial charge is 0.254 e. The molecule has 0 spiro atoms. The van der Waals surface area contributed by atoms with E-state index in [9.17, 15) is 9.90 Å². The Morgan fingerprint density at radius 1 is 1.52 bits per heavy atom. The normalized spacial score (nSPS) is 22.2. The number of likely N-dealkylation sites (tertiary alicyclic amines) is 1. The molecule has 1 aromatic rings. The van der Waals surface area contributed by atoms with Gasteiger partial charge < -0.3 is 15.3 Å². The summed E-state index contributed by atoms with van der Waals surface area (Å²) in [6, 6.07) is 3.61. The molecule has 2 rings (SSSR count). The van der Waals surface area contributed by atoms with E-state index in [1.807, 2.05) is 19.9 Å². The molecule has 5 heteroatoms. The van der Waals surface area contributed by atoms with Crippen LogP contribution in [0.5, 0.6) is 0 Å². The number of piperidine rings is 1. The molecule has 1 saturated heterocycles. The number of carbonyl (C=O) groups excluding carboxylic acids is 1. The van der Waals surface area contributed by atoms with Crippen molar-refractivity contribution in [2.45, 2.75) is 39.7 Å². The third kappa shape index (κ3) is 3.94. The molecule has 2 heterocycles. The number of aliphatic hydroxyl groups excluding tert-OH is 1. The van der Waals surface area contributed by atoms with Gasteiger partial charge in [-0.25, -0.2) is 4.98 Å². The minimum Gasteiger partial charge on any atom is -0.391 e. The van der Waals surface area contributed by atoms with Crippen LogP contribution in [-0.4, -0.2) is 46.6 Å². The van der Waals surface area contributed by atoms with Crippen LogP contribution in [0.15, 0.2) is 12.1 Å². The number of aromatic nitrogens is 1. The van der Waals surface area contributed by atoms with Gasteiger partial charge in [-0.2, -0.15) is 0 Å². The molecule has 1 aliphatic heterocycles. The number of anilines is 1. The maximum absolute atomic E-state index is 12.6. The van der Waals surface area contributed by atoms with Gasteiger partial charge >= 0.3 is 0 Å². The number of aliphatic hydroxyl groups is 1. The molecule has 0 bridgehead atoms. The first-order valence-electron chi connectivity index (χ1n) is 7.71. The Kier molecular flexibility index (Phi) is 5.17. The number of aryl methyl sites for hydroxylation is 1. The zero-order valence-corrected chi connectivity index (χ0v) is 13.1. The summed E-state index contributed by atoms with van der Waals surface area (Å²) < 4.78 is 0. The molecule has 0 aliphatic carbocycles. The van der Waals surface area contributed by atoms with Crippen molar-refractivity contribution in [3.63, 3.8) is 0 Å². The summed E-state index contributed by atoms with van der Waals surface area (Å²) in [4.78, 5) is 18.7. The zero-order valence-electron chi connectivity index (χ0n) is 13.1. The third-order valence-electron chi connectivity index (χ3n) is 3.96. The van der Waals surface area contributed by atoms with E-state index in [-0.39, 0.29) is 11.8 Å². The third-order valence-corrected chi connectivity index (χ3v) is 3.96. The van der Waals surface area contributed by atoms with Crippen LogP contribution in [0.4, 0.5) is 5.82 Å². The Labute approximate surface area is 126 Å². The summed E-state index contributed by atoms with van der Waals surface area (Å²) in [6.45, 7) is 7.96. The van der Waals surface area contributed by atoms with Gasteiger partial charge in [-0.1, -0.05) is 13.8 Å². The topological polar surface area (TPSA) is 65.5 Å². The predicted molar refractivity (Wildman–Crippen MR) is 83.4 cm³/mol. The Morgan fingerprint density at radius 3 is 2.95 bits per heavy atom. The summed E-state index contributed by atoms with van der Waals surface area (Å²) in [5, 5.41) is 13.2. The van der Waals surface area contributed by atoms with Crippen molar-refractivity contribution in [3.8, 4) is 0 Å². The second-order valence-electron chi connectivity index (χ2n) is 5.89. The SMILES string of the molecule is CCCNc1cc(C(=O)N2CCC(C)C(O)C2)cc(C)n1. The fraction of sp³-hybridized carbons (Fsp3) is 0.625. The molecular formula is C16H25N3O2. The van der Waals surface area contributed by atoms with E-state index < -0.39 is 6.10 Å². The number of hydrogen-bond acceptors (Lipinski definition) is 4. The number of amides is 1. The van der Waals surface area contributed by atoms with E-state index in [1.54, 1.807) is 11.0 Å². The lowest BCUT2D eigenvalue weighted by Gasteiger charge is -2.34. The van der Waals surface area contributed by atoms with Crippen molar-refractivity contribution in [1.82, 2.24) is 9.88 Å². The number of nitrogens with one attached hydrogen (secondary N) is 1. The number of rotatable bonds is 4. The molecule has 1 aliphatic rings. The highest BCUT2D eigenvalue weighted by Crippen LogP contribution is 2.20. The van der Waals surface area contributed by atoms with Crippen molar-refractivity contribution < 1.29 is 9.90 Å². The van der Waals surface area contributed by atoms with Crippen LogP contribution in [0.1, 0.15) is 42.7 Å². The average molecular weight is 291 g/mol. The number of pyridine rings is 1. The Bertz CT molecular complexity index is 504. The van der Waals surface area contributed by atoms with Gasteiger partial charge in [0.15, 0.2) is 0 Å². The average Bonchev–Trinajstić information content (AvgIpc) is 2.46. The van der Waals surface area contributed by atoms with Crippen molar-refractivity contribution in [2.24, 2.45) is 5.92 Å². The first kappa shape index (κ1) is 15.8. The van der Waals surface area contributed by atoms with Crippen molar-refractivity contribution in [3.05, 3.63) is 23.4 Å². The van der Waals surface area contributed by atoms with Gasteiger partial charge in [-0.3, -0.25) is 4.79 Å². The summed E-state index contributed by atoms with van der Waals surface area (Å²) in [7, 11) is 0. The minimum atomic E-state index is -0.427. The van der Waals surface area contributed by atoms with Crippen molar-refractivity contribution >= 4 is 11.7 Å². The van der Waals surface area contributed by atoms with Gasteiger partial charge in [0.25, 0.3) is 5.91 Å². The zero-order chi connectivity index (χ0) is 15.4. The molecule has 0 radical (unpaired) electrons. The highest BCUT2D eigenvalue weighted by molar-refractivity contribution is 5.95. The van der Waals surface area contributed by atoms with Crippen LogP contribution in [0.3, 0.4) is 0 Å². The molecule has 2 atom stereocenters. The minimum absolute atomic E-state index is 0.0222. The maximum atomic E-state index is 12.6. The van der Waals surface area contributed by atoms with Crippen molar-refractivity contribution in [1.29, 1.82) is 0 Å². The van der Waals surface area contributed by atoms with Gasteiger partial charge in [0.2, 0.25) is 0 Å². The first-order chi connectivity index (χ1) is 10.0. The molecule has 2 N–H and O–H groups in total. The molecule has 0 saturated carbocycles. The van der Waals surface area contributed by atoms with Gasteiger partial charge in [0, 0.05) is 30.9 Å². The lowest BCUT2D eigenvalue weighted by atomic mass is 9.95. The number of carbonyl (C=O) groups is 1. The summed E-state index contributed by atoms with van der Waals surface area (Å²) in [5.41, 5.74) is 1.47. The van der Waals surface area contributed by atoms with E-state index >= 15 is 0 Å². The van der Waals surface area contributed by atoms with Crippen LogP contribution < -0.4 is 5.32 Å². The van der Waals surface area contributed by atoms with E-state index in [0.717, 1.165) is 30.9 Å². The molecule has 0 aromatic carbocycles. The molecule has 116 valence electrons. The lowest BCUT2D eigenvalue weighted by Crippen LogP contribution is -2.45. The number of β-amino-alcohol motifs (C(OH)–C–C–N with tert-alkyl or cyclic N) is 1. The molecular weight excluding hydrogens is 266 g/mol. The van der Waals surface area contributed by atoms with Gasteiger partial charge in [0.05, 0.1) is 6.10 Å². The van der Waals surface area contributed by atoms with Crippen LogP contribution in [-0.2, 0) is 0 Å². The van der Waals surface area contributed by atoms with E-state index in [4.69, 9.17) is 0 Å². The van der Waals surface area contributed by atoms with Crippen molar-refractivity contribution in [2.75, 3.05) is 25.0 Å². The Hall–Kier alpha value is -1.62. The second-order valence-corrected chi connectivity index (χ2v) is 5.89. The van der Waals surface area contributed by atoms with Crippen LogP contribution in [0.25, 0.3) is 0 Å². The second kappa shape index (κ2) is 6.89. The standard InChI is InChI=1S/C16H25N3O2/c1-4-6-17-15-9-13(8-12(3)18-15)16(21)19-7-5-11(2)14(20)10-19/h8-9,11,14,20H,4-7,10H2,1-3H3,(H,17,18). The molecule has 1 aromatic heterocycles. The summed E-state index contributed by atoms with van der Waals surface area (Å²) >= 11 is 0. The summed E-state index contributed by atoms with van der Waals surface area (Å²) in [5.74, 6) is 0.979. The van der Waals surface area contributed by atoms with E-state index in [1.165, 1.54) is 0 Å². The van der Waals surface area contributed by atoms with Crippen LogP contribution >= 0.6 is 0 Å². The molecule has 2 unspecified atom stereocenters. The molecule has 21 heavy (non-hydrogen) atoms. The fourth-order valence-electron chi connectivity index (χ4n) is 2.55. The Balaban J connectivity index is 2.13. The fourth-order valence-corrected chi connectivity index (χ4v) is 2.55. The van der Waals surface area contributed by atoms with Gasteiger partial charge in [0.1, 0.15) is 5.82 Å². The maximum Gasteiger partial charge on any atom is 0.254 e. The van der Waals surface area contributed by atoms with Crippen LogP contribution in [0, 0.1) is 12.8 Å². The molecule has 1 amide bonds. The quantitative estimate of drug-likeness (QED) is 0.891. The highest BCUT2D eigenvalue weighted by Gasteiger charge is 2.28. The van der Waals surface area contributed by atoms with E-state index in [0.29, 0.717) is 18.7 Å². The molecule has 1 fully saturated rings. The van der Waals surface area contributed by atoms with Gasteiger partial charge in [-0.15, -0.1) is 0 Å². The lowest BCUT2D eigenvalue weighted by molar-refractivity contribution is 0.0248. The molecule has 5 nitrogen and oxygen atoms in total. The predicted octanol–water partition coefficient (Wildman–Crippen LogP) is 2.05. The largest absolute Gasteiger partial charge is 0.391 e. The summed E-state index contributed by atoms with van der Waals surface area (Å²) in [6.07, 6.45) is 1.43. The van der Waals surface area contributed by atoms with Gasteiger partial charge in [-0.05, 0) is 37.8 Å². The first-order valence-corrected chi connectivity index (χ1v) is 7.71.